The maximum atomic E-state index is 9.75. The third-order valence-electron chi connectivity index (χ3n) is 2.49. The van der Waals surface area contributed by atoms with Crippen LogP contribution in [0.3, 0.4) is 0 Å². The second kappa shape index (κ2) is 5.27. The van der Waals surface area contributed by atoms with Gasteiger partial charge < -0.3 is 0 Å². The molecule has 0 radical (unpaired) electrons. The number of hydrogen-bond acceptors (Lipinski definition) is 4. The fourth-order valence-corrected chi connectivity index (χ4v) is 3.86. The minimum absolute atomic E-state index is 0.0639. The molecule has 1 heterocycles. The van der Waals surface area contributed by atoms with E-state index in [1.54, 1.807) is 0 Å². The molecule has 0 bridgehead atoms. The van der Waals surface area contributed by atoms with Gasteiger partial charge in [-0.05, 0) is 0 Å². The van der Waals surface area contributed by atoms with Gasteiger partial charge in [0.2, 0.25) is 0 Å². The summed E-state index contributed by atoms with van der Waals surface area (Å²) >= 11 is -0.0639. The van der Waals surface area contributed by atoms with Crippen LogP contribution < -0.4 is 4.46 Å². The van der Waals surface area contributed by atoms with Gasteiger partial charge in [-0.1, -0.05) is 0 Å². The van der Waals surface area contributed by atoms with Crippen molar-refractivity contribution in [2.24, 2.45) is 0 Å². The van der Waals surface area contributed by atoms with Crippen LogP contribution in [0.15, 0.2) is 30.3 Å². The minimum atomic E-state index is -0.986. The predicted octanol–water partition coefficient (Wildman–Crippen LogP) is -1.54. The predicted molar refractivity (Wildman–Crippen MR) is 59.6 cm³/mol. The van der Waals surface area contributed by atoms with Gasteiger partial charge in [0, 0.05) is 0 Å². The topological polar surface area (TPSA) is 69.9 Å². The van der Waals surface area contributed by atoms with E-state index < -0.39 is 18.3 Å². The number of rotatable bonds is 3. The Morgan fingerprint density at radius 1 is 1.12 bits per heavy atom. The summed E-state index contributed by atoms with van der Waals surface area (Å²) in [4.78, 5) is 0. The van der Waals surface area contributed by atoms with E-state index >= 15 is 0 Å². The molecule has 16 heavy (non-hydrogen) atoms. The van der Waals surface area contributed by atoms with Gasteiger partial charge in [-0.25, -0.2) is 0 Å². The molecule has 0 amide bonds. The first-order chi connectivity index (χ1) is 7.72. The number of benzene rings is 1. The number of aliphatic hydroxyl groups is 3. The molecule has 1 fully saturated rings. The van der Waals surface area contributed by atoms with Crippen LogP contribution in [0.4, 0.5) is 0 Å². The van der Waals surface area contributed by atoms with Crippen LogP contribution >= 0.6 is 0 Å². The monoisotopic (exact) mass is 290 g/mol. The first kappa shape index (κ1) is 12.0. The molecule has 0 spiro atoms. The first-order valence-electron chi connectivity index (χ1n) is 5.06. The molecule has 4 nitrogen and oxygen atoms in total. The van der Waals surface area contributed by atoms with E-state index in [-0.39, 0.29) is 26.6 Å². The summed E-state index contributed by atoms with van der Waals surface area (Å²) < 4.78 is 6.52. The summed E-state index contributed by atoms with van der Waals surface area (Å²) in [5.74, 6) is 0. The summed E-state index contributed by atoms with van der Waals surface area (Å²) in [6, 6.07) is 9.72. The Labute approximate surface area is 100 Å². The molecule has 1 aromatic carbocycles. The van der Waals surface area contributed by atoms with Gasteiger partial charge in [0.1, 0.15) is 0 Å². The summed E-state index contributed by atoms with van der Waals surface area (Å²) in [6.07, 6.45) is -2.55. The van der Waals surface area contributed by atoms with Gasteiger partial charge >= 0.3 is 99.7 Å². The molecule has 0 aliphatic carbocycles. The molecule has 0 saturated carbocycles. The molecular formula is C11H14O4Se. The molecule has 1 aromatic rings. The third-order valence-corrected chi connectivity index (χ3v) is 4.94. The van der Waals surface area contributed by atoms with E-state index in [1.807, 2.05) is 30.3 Å². The quantitative estimate of drug-likeness (QED) is 0.590. The van der Waals surface area contributed by atoms with E-state index in [0.717, 1.165) is 4.46 Å². The first-order valence-corrected chi connectivity index (χ1v) is 6.91. The molecule has 1 saturated heterocycles. The van der Waals surface area contributed by atoms with Gasteiger partial charge in [-0.2, -0.15) is 0 Å². The fraction of sp³-hybridized carbons (Fsp3) is 0.455. The molecule has 4 atom stereocenters. The molecule has 5 heteroatoms. The summed E-state index contributed by atoms with van der Waals surface area (Å²) in [5.41, 5.74) is 0. The Morgan fingerprint density at radius 3 is 2.38 bits per heavy atom. The molecule has 2 rings (SSSR count). The van der Waals surface area contributed by atoms with Crippen molar-refractivity contribution in [2.75, 3.05) is 6.61 Å². The third kappa shape index (κ3) is 2.46. The van der Waals surface area contributed by atoms with Crippen molar-refractivity contribution in [1.29, 1.82) is 0 Å². The van der Waals surface area contributed by atoms with E-state index in [4.69, 9.17) is 9.84 Å². The molecule has 88 valence electrons. The number of aliphatic hydroxyl groups excluding tert-OH is 3. The van der Waals surface area contributed by atoms with Crippen molar-refractivity contribution in [3.8, 4) is 0 Å². The average Bonchev–Trinajstić information content (AvgIpc) is 2.58. The van der Waals surface area contributed by atoms with Gasteiger partial charge in [0.15, 0.2) is 0 Å². The zero-order valence-corrected chi connectivity index (χ0v) is 10.3. The fourth-order valence-electron chi connectivity index (χ4n) is 1.60. The number of ether oxygens (including phenoxy) is 1. The van der Waals surface area contributed by atoms with Crippen molar-refractivity contribution in [3.63, 3.8) is 0 Å². The van der Waals surface area contributed by atoms with Crippen molar-refractivity contribution >= 4 is 19.4 Å². The van der Waals surface area contributed by atoms with Gasteiger partial charge in [-0.3, -0.25) is 0 Å². The van der Waals surface area contributed by atoms with E-state index in [1.165, 1.54) is 0 Å². The Hall–Kier alpha value is -0.421. The van der Waals surface area contributed by atoms with Crippen molar-refractivity contribution in [3.05, 3.63) is 30.3 Å². The average molecular weight is 289 g/mol. The second-order valence-corrected chi connectivity index (χ2v) is 6.10. The molecule has 0 unspecified atom stereocenters. The summed E-state index contributed by atoms with van der Waals surface area (Å²) in [5, 5.41) is 27.9. The Kier molecular flexibility index (Phi) is 3.97. The van der Waals surface area contributed by atoms with Crippen LogP contribution in [0.25, 0.3) is 0 Å². The van der Waals surface area contributed by atoms with Crippen LogP contribution in [0, 0.1) is 0 Å². The molecular weight excluding hydrogens is 275 g/mol. The van der Waals surface area contributed by atoms with Gasteiger partial charge in [0.25, 0.3) is 0 Å². The molecule has 3 N–H and O–H groups in total. The zero-order chi connectivity index (χ0) is 11.5. The van der Waals surface area contributed by atoms with E-state index in [0.29, 0.717) is 0 Å². The second-order valence-electron chi connectivity index (χ2n) is 3.64. The Balaban J connectivity index is 2.01. The van der Waals surface area contributed by atoms with Crippen LogP contribution in [0.2, 0.25) is 0 Å². The van der Waals surface area contributed by atoms with Crippen molar-refractivity contribution in [1.82, 2.24) is 0 Å². The SMILES string of the molecule is OC[C@@H]1O[C@@H]([Se]c2ccccc2)[C@H](O)[C@H]1O. The molecule has 1 aliphatic heterocycles. The van der Waals surface area contributed by atoms with Crippen LogP contribution in [-0.4, -0.2) is 60.2 Å². The van der Waals surface area contributed by atoms with Crippen LogP contribution in [0.1, 0.15) is 0 Å². The summed E-state index contributed by atoms with van der Waals surface area (Å²) in [7, 11) is 0. The Morgan fingerprint density at radius 2 is 1.81 bits per heavy atom. The number of hydrogen-bond donors (Lipinski definition) is 3. The summed E-state index contributed by atoms with van der Waals surface area (Å²) in [6.45, 7) is -0.264. The normalized spacial score (nSPS) is 34.2. The zero-order valence-electron chi connectivity index (χ0n) is 8.56. The van der Waals surface area contributed by atoms with E-state index in [9.17, 15) is 10.2 Å². The van der Waals surface area contributed by atoms with E-state index in [2.05, 4.69) is 0 Å². The Bertz CT molecular complexity index is 332. The maximum absolute atomic E-state index is 9.75. The van der Waals surface area contributed by atoms with Crippen molar-refractivity contribution < 1.29 is 20.1 Å². The van der Waals surface area contributed by atoms with Gasteiger partial charge in [0.05, 0.1) is 0 Å². The van der Waals surface area contributed by atoms with Crippen LogP contribution in [-0.2, 0) is 4.74 Å². The van der Waals surface area contributed by atoms with Crippen LogP contribution in [0.5, 0.6) is 0 Å². The molecule has 0 aromatic heterocycles. The molecule has 1 aliphatic rings. The standard InChI is InChI=1S/C11H14O4Se/c12-6-8-9(13)10(14)11(15-8)16-7-4-2-1-3-5-7/h1-5,8-14H,6H2/t8-,9-,10+,11-/m0/s1. The van der Waals surface area contributed by atoms with Crippen molar-refractivity contribution in [2.45, 2.75) is 23.3 Å². The van der Waals surface area contributed by atoms with Gasteiger partial charge in [-0.15, -0.1) is 0 Å².